The monoisotopic (exact) mass is 777 g/mol. The molecule has 8 nitrogen and oxygen atoms in total. The van der Waals surface area contributed by atoms with Crippen LogP contribution >= 0.6 is 27.7 Å². The van der Waals surface area contributed by atoms with Gasteiger partial charge < -0.3 is 15.0 Å². The summed E-state index contributed by atoms with van der Waals surface area (Å²) in [4.78, 5) is 31.7. The first kappa shape index (κ1) is 37.5. The molecule has 0 saturated heterocycles. The second-order valence-electron chi connectivity index (χ2n) is 12.3. The van der Waals surface area contributed by atoms with E-state index in [1.807, 2.05) is 67.8 Å². The van der Waals surface area contributed by atoms with E-state index in [4.69, 9.17) is 4.74 Å². The number of nitrogens with zero attached hydrogens (tertiary/aromatic N) is 2. The first-order valence-corrected chi connectivity index (χ1v) is 20.4. The Morgan fingerprint density at radius 3 is 2.20 bits per heavy atom. The van der Waals surface area contributed by atoms with Crippen molar-refractivity contribution in [1.82, 2.24) is 10.2 Å². The third-order valence-corrected chi connectivity index (χ3v) is 11.9. The summed E-state index contributed by atoms with van der Waals surface area (Å²) in [6, 6.07) is 29.7. The number of sulfonamides is 1. The summed E-state index contributed by atoms with van der Waals surface area (Å²) in [5, 5.41) is 3.25. The van der Waals surface area contributed by atoms with Gasteiger partial charge in [-0.05, 0) is 85.7 Å². The van der Waals surface area contributed by atoms with Gasteiger partial charge in [0.25, 0.3) is 10.0 Å². The van der Waals surface area contributed by atoms with Gasteiger partial charge in [-0.25, -0.2) is 8.42 Å². The van der Waals surface area contributed by atoms with E-state index in [1.165, 1.54) is 16.7 Å². The fourth-order valence-corrected chi connectivity index (χ4v) is 8.31. The second kappa shape index (κ2) is 17.9. The Bertz CT molecular complexity index is 1820. The lowest BCUT2D eigenvalue weighted by Gasteiger charge is -2.35. The SMILES string of the molecule is CCOc1ccccc1N(CC(=O)N(Cc1ccc(Br)cc1)C(Cc1ccccc1)C(=O)NC1CCCCC1)S(=O)(=O)c1ccc(SC)cc1. The summed E-state index contributed by atoms with van der Waals surface area (Å²) in [7, 11) is -4.26. The van der Waals surface area contributed by atoms with Gasteiger partial charge >= 0.3 is 0 Å². The molecular formula is C39H44BrN3O5S2. The fourth-order valence-electron chi connectivity index (χ4n) is 6.21. The molecule has 264 valence electrons. The highest BCUT2D eigenvalue weighted by atomic mass is 79.9. The van der Waals surface area contributed by atoms with Crippen LogP contribution in [0.4, 0.5) is 5.69 Å². The molecule has 50 heavy (non-hydrogen) atoms. The van der Waals surface area contributed by atoms with Gasteiger partial charge in [-0.2, -0.15) is 0 Å². The number of carbonyl (C=O) groups excluding carboxylic acids is 2. The van der Waals surface area contributed by atoms with Gasteiger partial charge in [0.2, 0.25) is 11.8 Å². The largest absolute Gasteiger partial charge is 0.492 e. The first-order chi connectivity index (χ1) is 24.2. The molecule has 0 heterocycles. The number of para-hydroxylation sites is 2. The molecule has 4 aromatic carbocycles. The van der Waals surface area contributed by atoms with E-state index in [0.29, 0.717) is 12.4 Å². The van der Waals surface area contributed by atoms with Crippen molar-refractivity contribution in [1.29, 1.82) is 0 Å². The molecule has 0 radical (unpaired) electrons. The van der Waals surface area contributed by atoms with Crippen LogP contribution in [-0.4, -0.2) is 56.6 Å². The van der Waals surface area contributed by atoms with Crippen molar-refractivity contribution in [3.8, 4) is 5.75 Å². The van der Waals surface area contributed by atoms with Crippen LogP contribution in [0.15, 0.2) is 117 Å². The maximum atomic E-state index is 14.9. The minimum absolute atomic E-state index is 0.0263. The van der Waals surface area contributed by atoms with Crippen molar-refractivity contribution in [2.45, 2.75) is 73.9 Å². The molecule has 1 saturated carbocycles. The van der Waals surface area contributed by atoms with Crippen LogP contribution in [0, 0.1) is 0 Å². The van der Waals surface area contributed by atoms with Crippen molar-refractivity contribution in [3.63, 3.8) is 0 Å². The van der Waals surface area contributed by atoms with Crippen LogP contribution < -0.4 is 14.4 Å². The topological polar surface area (TPSA) is 96.0 Å². The molecule has 11 heteroatoms. The summed E-state index contributed by atoms with van der Waals surface area (Å²) in [6.45, 7) is 1.68. The number of rotatable bonds is 15. The van der Waals surface area contributed by atoms with Gasteiger partial charge in [-0.3, -0.25) is 13.9 Å². The average Bonchev–Trinajstić information content (AvgIpc) is 3.14. The molecular weight excluding hydrogens is 734 g/mol. The van der Waals surface area contributed by atoms with Crippen molar-refractivity contribution in [2.75, 3.05) is 23.7 Å². The Morgan fingerprint density at radius 2 is 1.54 bits per heavy atom. The van der Waals surface area contributed by atoms with E-state index in [0.717, 1.165) is 56.9 Å². The lowest BCUT2D eigenvalue weighted by atomic mass is 9.94. The van der Waals surface area contributed by atoms with E-state index < -0.39 is 28.5 Å². The third-order valence-electron chi connectivity index (χ3n) is 8.85. The number of anilines is 1. The molecule has 1 atom stereocenters. The number of thioether (sulfide) groups is 1. The highest BCUT2D eigenvalue weighted by molar-refractivity contribution is 9.10. The number of hydrogen-bond donors (Lipinski definition) is 1. The van der Waals surface area contributed by atoms with Crippen molar-refractivity contribution < 1.29 is 22.7 Å². The maximum Gasteiger partial charge on any atom is 0.264 e. The number of ether oxygens (including phenoxy) is 1. The van der Waals surface area contributed by atoms with Crippen LogP contribution in [0.25, 0.3) is 0 Å². The van der Waals surface area contributed by atoms with Crippen LogP contribution in [0.3, 0.4) is 0 Å². The molecule has 0 bridgehead atoms. The predicted octanol–water partition coefficient (Wildman–Crippen LogP) is 7.85. The highest BCUT2D eigenvalue weighted by Crippen LogP contribution is 2.33. The zero-order valence-corrected chi connectivity index (χ0v) is 31.7. The Labute approximate surface area is 308 Å². The van der Waals surface area contributed by atoms with E-state index >= 15 is 0 Å². The molecule has 1 N–H and O–H groups in total. The molecule has 0 aliphatic heterocycles. The first-order valence-electron chi connectivity index (χ1n) is 17.0. The minimum Gasteiger partial charge on any atom is -0.492 e. The van der Waals surface area contributed by atoms with E-state index in [9.17, 15) is 18.0 Å². The fraction of sp³-hybridized carbons (Fsp3) is 0.333. The Balaban J connectivity index is 1.59. The van der Waals surface area contributed by atoms with Gasteiger partial charge in [-0.1, -0.05) is 89.8 Å². The number of halogens is 1. The molecule has 4 aromatic rings. The number of hydrogen-bond acceptors (Lipinski definition) is 6. The zero-order valence-electron chi connectivity index (χ0n) is 28.5. The Kier molecular flexibility index (Phi) is 13.4. The highest BCUT2D eigenvalue weighted by Gasteiger charge is 2.36. The van der Waals surface area contributed by atoms with Crippen LogP contribution in [0.1, 0.15) is 50.2 Å². The van der Waals surface area contributed by atoms with E-state index in [2.05, 4.69) is 21.2 Å². The molecule has 0 aromatic heterocycles. The maximum absolute atomic E-state index is 14.9. The second-order valence-corrected chi connectivity index (χ2v) is 15.9. The van der Waals surface area contributed by atoms with Gasteiger partial charge in [0, 0.05) is 28.4 Å². The standard InChI is InChI=1S/C39H44BrN3O5S2/c1-3-48-37-17-11-10-16-35(37)43(50(46,47)34-24-22-33(49-2)23-25-34)28-38(44)42(27-30-18-20-31(40)21-19-30)36(26-29-12-6-4-7-13-29)39(45)41-32-14-8-5-9-15-32/h4,6-7,10-13,16-25,32,36H,3,5,8-9,14-15,26-28H2,1-2H3,(H,41,45). The summed E-state index contributed by atoms with van der Waals surface area (Å²) < 4.78 is 36.9. The summed E-state index contributed by atoms with van der Waals surface area (Å²) in [5.41, 5.74) is 1.94. The predicted molar refractivity (Wildman–Crippen MR) is 204 cm³/mol. The van der Waals surface area contributed by atoms with Gasteiger partial charge in [-0.15, -0.1) is 11.8 Å². The molecule has 1 aliphatic rings. The Hall–Kier alpha value is -3.80. The molecule has 5 rings (SSSR count). The van der Waals surface area contributed by atoms with Crippen LogP contribution in [0.5, 0.6) is 5.75 Å². The molecule has 1 unspecified atom stereocenters. The zero-order chi connectivity index (χ0) is 35.5. The minimum atomic E-state index is -4.26. The van der Waals surface area contributed by atoms with Gasteiger partial charge in [0.05, 0.1) is 17.2 Å². The number of amides is 2. The smallest absolute Gasteiger partial charge is 0.264 e. The number of nitrogens with one attached hydrogen (secondary N) is 1. The van der Waals surface area contributed by atoms with E-state index in [-0.39, 0.29) is 35.5 Å². The van der Waals surface area contributed by atoms with Crippen LogP contribution in [0.2, 0.25) is 0 Å². The summed E-state index contributed by atoms with van der Waals surface area (Å²) in [5.74, 6) is -0.423. The van der Waals surface area contributed by atoms with Crippen molar-refractivity contribution >= 4 is 55.2 Å². The van der Waals surface area contributed by atoms with Crippen molar-refractivity contribution in [3.05, 3.63) is 119 Å². The molecule has 1 fully saturated rings. The lowest BCUT2D eigenvalue weighted by molar-refractivity contribution is -0.140. The normalized spacial score (nSPS) is 14.1. The molecule has 2 amide bonds. The Morgan fingerprint density at radius 1 is 0.880 bits per heavy atom. The quantitative estimate of drug-likeness (QED) is 0.124. The van der Waals surface area contributed by atoms with Gasteiger partial charge in [0.1, 0.15) is 18.3 Å². The summed E-state index contributed by atoms with van der Waals surface area (Å²) >= 11 is 5.00. The third kappa shape index (κ3) is 9.70. The number of carbonyl (C=O) groups is 2. The van der Waals surface area contributed by atoms with Crippen LogP contribution in [-0.2, 0) is 32.6 Å². The average molecular weight is 779 g/mol. The number of benzene rings is 4. The molecule has 1 aliphatic carbocycles. The lowest BCUT2D eigenvalue weighted by Crippen LogP contribution is -2.55. The molecule has 0 spiro atoms. The van der Waals surface area contributed by atoms with E-state index in [1.54, 1.807) is 48.5 Å². The van der Waals surface area contributed by atoms with Crippen molar-refractivity contribution in [2.24, 2.45) is 0 Å². The van der Waals surface area contributed by atoms with Gasteiger partial charge in [0.15, 0.2) is 0 Å². The summed E-state index contributed by atoms with van der Waals surface area (Å²) in [6.07, 6.45) is 7.18.